The van der Waals surface area contributed by atoms with Crippen molar-refractivity contribution in [2.45, 2.75) is 51.0 Å². The molecule has 1 aromatic carbocycles. The van der Waals surface area contributed by atoms with Gasteiger partial charge in [0.1, 0.15) is 5.75 Å². The molecular weight excluding hydrogens is 300 g/mol. The van der Waals surface area contributed by atoms with E-state index in [-0.39, 0.29) is 5.91 Å². The summed E-state index contributed by atoms with van der Waals surface area (Å²) in [6.45, 7) is 3.43. The Hall–Kier alpha value is -1.55. The first-order chi connectivity index (χ1) is 11.8. The Kier molecular flexibility index (Phi) is 4.49. The lowest BCUT2D eigenvalue weighted by Gasteiger charge is -2.45. The highest BCUT2D eigenvalue weighted by Crippen LogP contribution is 2.32. The van der Waals surface area contributed by atoms with Crippen molar-refractivity contribution in [2.75, 3.05) is 26.7 Å². The summed E-state index contributed by atoms with van der Waals surface area (Å²) >= 11 is 0. The number of nitrogens with zero attached hydrogens (tertiary/aromatic N) is 1. The molecule has 4 aliphatic rings. The summed E-state index contributed by atoms with van der Waals surface area (Å²) in [6.07, 6.45) is 8.07. The molecule has 1 aliphatic carbocycles. The summed E-state index contributed by atoms with van der Waals surface area (Å²) in [5.74, 6) is 1.73. The molecule has 0 radical (unpaired) electrons. The van der Waals surface area contributed by atoms with Crippen LogP contribution in [0.2, 0.25) is 0 Å². The minimum Gasteiger partial charge on any atom is -0.496 e. The fraction of sp³-hybridized carbons (Fsp3) is 0.650. The van der Waals surface area contributed by atoms with Crippen molar-refractivity contribution >= 4 is 5.91 Å². The summed E-state index contributed by atoms with van der Waals surface area (Å²) < 4.78 is 5.55. The third-order valence-corrected chi connectivity index (χ3v) is 6.18. The second-order valence-electron chi connectivity index (χ2n) is 7.55. The molecule has 1 aromatic rings. The Morgan fingerprint density at radius 3 is 2.54 bits per heavy atom. The predicted octanol–water partition coefficient (Wildman–Crippen LogP) is 2.79. The zero-order chi connectivity index (χ0) is 16.5. The van der Waals surface area contributed by atoms with Gasteiger partial charge in [-0.2, -0.15) is 0 Å². The average molecular weight is 328 g/mol. The highest BCUT2D eigenvalue weighted by atomic mass is 16.5. The molecule has 2 bridgehead atoms. The van der Waals surface area contributed by atoms with Crippen molar-refractivity contribution in [2.24, 2.45) is 5.92 Å². The Balaban J connectivity index is 1.58. The highest BCUT2D eigenvalue weighted by Gasteiger charge is 2.35. The molecule has 0 spiro atoms. The van der Waals surface area contributed by atoms with Gasteiger partial charge in [0.15, 0.2) is 0 Å². The van der Waals surface area contributed by atoms with Crippen LogP contribution >= 0.6 is 0 Å². The van der Waals surface area contributed by atoms with Gasteiger partial charge in [0.05, 0.1) is 7.11 Å². The van der Waals surface area contributed by atoms with Crippen molar-refractivity contribution in [1.29, 1.82) is 0 Å². The topological polar surface area (TPSA) is 41.6 Å². The van der Waals surface area contributed by atoms with Crippen molar-refractivity contribution in [3.63, 3.8) is 0 Å². The lowest BCUT2D eigenvalue weighted by atomic mass is 9.84. The molecule has 4 heteroatoms. The molecule has 0 saturated carbocycles. The summed E-state index contributed by atoms with van der Waals surface area (Å²) in [4.78, 5) is 15.5. The van der Waals surface area contributed by atoms with Crippen LogP contribution in [0.5, 0.6) is 5.75 Å². The lowest BCUT2D eigenvalue weighted by molar-refractivity contribution is 0.0620. The van der Waals surface area contributed by atoms with Gasteiger partial charge in [-0.3, -0.25) is 4.79 Å². The lowest BCUT2D eigenvalue weighted by Crippen LogP contribution is -2.57. The van der Waals surface area contributed by atoms with E-state index in [1.54, 1.807) is 7.11 Å². The van der Waals surface area contributed by atoms with E-state index in [1.807, 2.05) is 12.1 Å². The quantitative estimate of drug-likeness (QED) is 0.868. The predicted molar refractivity (Wildman–Crippen MR) is 94.7 cm³/mol. The molecule has 130 valence electrons. The first kappa shape index (κ1) is 15.9. The van der Waals surface area contributed by atoms with Gasteiger partial charge in [0, 0.05) is 18.2 Å². The zero-order valence-corrected chi connectivity index (χ0v) is 14.6. The number of piperidine rings is 3. The molecule has 1 N–H and O–H groups in total. The third kappa shape index (κ3) is 2.92. The van der Waals surface area contributed by atoms with Crippen LogP contribution in [0.15, 0.2) is 12.1 Å². The summed E-state index contributed by atoms with van der Waals surface area (Å²) in [5.41, 5.74) is 3.37. The van der Waals surface area contributed by atoms with Gasteiger partial charge in [-0.05, 0) is 80.8 Å². The molecule has 3 fully saturated rings. The molecular formula is C20H28N2O2. The molecule has 3 heterocycles. The first-order valence-electron chi connectivity index (χ1n) is 9.48. The molecule has 1 unspecified atom stereocenters. The number of carbonyl (C=O) groups excluding carboxylic acids is 1. The van der Waals surface area contributed by atoms with Crippen LogP contribution in [-0.2, 0) is 12.8 Å². The van der Waals surface area contributed by atoms with E-state index in [1.165, 1.54) is 56.3 Å². The Bertz CT molecular complexity index is 620. The number of nitrogens with one attached hydrogen (secondary N) is 1. The number of amides is 1. The first-order valence-corrected chi connectivity index (χ1v) is 9.48. The molecule has 24 heavy (non-hydrogen) atoms. The van der Waals surface area contributed by atoms with Gasteiger partial charge < -0.3 is 15.0 Å². The Labute approximate surface area is 144 Å². The van der Waals surface area contributed by atoms with Gasteiger partial charge >= 0.3 is 0 Å². The molecule has 3 saturated heterocycles. The van der Waals surface area contributed by atoms with Crippen LogP contribution < -0.4 is 10.1 Å². The number of rotatable bonds is 3. The average Bonchev–Trinajstić information content (AvgIpc) is 2.88. The second kappa shape index (κ2) is 6.75. The number of methoxy groups -OCH3 is 1. The van der Waals surface area contributed by atoms with Crippen LogP contribution in [0, 0.1) is 5.92 Å². The van der Waals surface area contributed by atoms with Crippen molar-refractivity contribution < 1.29 is 9.53 Å². The van der Waals surface area contributed by atoms with Gasteiger partial charge in [-0.25, -0.2) is 0 Å². The fourth-order valence-electron chi connectivity index (χ4n) is 4.79. The number of benzene rings is 1. The van der Waals surface area contributed by atoms with Crippen molar-refractivity contribution in [3.05, 3.63) is 28.8 Å². The number of fused-ring (bicyclic) bond motifs is 4. The standard InChI is InChI=1S/C20H28N2O2/c1-24-19-8-7-17(15-5-3-2-4-6-16(15)19)20(23)21-18-13-22-11-9-14(18)10-12-22/h7-8,14,18H,2-6,9-13H2,1H3,(H,21,23). The molecule has 0 aromatic heterocycles. The van der Waals surface area contributed by atoms with Crippen LogP contribution in [0.3, 0.4) is 0 Å². The molecule has 4 nitrogen and oxygen atoms in total. The van der Waals surface area contributed by atoms with Crippen LogP contribution in [-0.4, -0.2) is 43.6 Å². The van der Waals surface area contributed by atoms with Crippen molar-refractivity contribution in [1.82, 2.24) is 10.2 Å². The van der Waals surface area contributed by atoms with E-state index in [9.17, 15) is 4.79 Å². The molecule has 3 aliphatic heterocycles. The van der Waals surface area contributed by atoms with Crippen molar-refractivity contribution in [3.8, 4) is 5.75 Å². The molecule has 5 rings (SSSR count). The van der Waals surface area contributed by atoms with E-state index in [0.29, 0.717) is 12.0 Å². The zero-order valence-electron chi connectivity index (χ0n) is 14.6. The van der Waals surface area contributed by atoms with Gasteiger partial charge in [0.25, 0.3) is 5.91 Å². The van der Waals surface area contributed by atoms with Gasteiger partial charge in [0.2, 0.25) is 0 Å². The van der Waals surface area contributed by atoms with E-state index in [4.69, 9.17) is 4.74 Å². The fourth-order valence-corrected chi connectivity index (χ4v) is 4.79. The van der Waals surface area contributed by atoms with Gasteiger partial charge in [-0.1, -0.05) is 6.42 Å². The minimum atomic E-state index is 0.120. The summed E-state index contributed by atoms with van der Waals surface area (Å²) in [5, 5.41) is 3.35. The smallest absolute Gasteiger partial charge is 0.251 e. The van der Waals surface area contributed by atoms with Crippen LogP contribution in [0.4, 0.5) is 0 Å². The maximum atomic E-state index is 13.0. The molecule has 1 amide bonds. The maximum absolute atomic E-state index is 13.0. The SMILES string of the molecule is COc1ccc(C(=O)NC2CN3CCC2CC3)c2c1CCCCC2. The second-order valence-corrected chi connectivity index (χ2v) is 7.55. The summed E-state index contributed by atoms with van der Waals surface area (Å²) in [6, 6.07) is 4.28. The van der Waals surface area contributed by atoms with Crippen LogP contribution in [0.25, 0.3) is 0 Å². The minimum absolute atomic E-state index is 0.120. The number of carbonyl (C=O) groups is 1. The monoisotopic (exact) mass is 328 g/mol. The summed E-state index contributed by atoms with van der Waals surface area (Å²) in [7, 11) is 1.73. The van der Waals surface area contributed by atoms with Gasteiger partial charge in [-0.15, -0.1) is 0 Å². The number of ether oxygens (including phenoxy) is 1. The highest BCUT2D eigenvalue weighted by molar-refractivity contribution is 5.96. The van der Waals surface area contributed by atoms with E-state index >= 15 is 0 Å². The Morgan fingerprint density at radius 2 is 1.88 bits per heavy atom. The number of hydrogen-bond donors (Lipinski definition) is 1. The molecule has 1 atom stereocenters. The normalized spacial score (nSPS) is 28.8. The van der Waals surface area contributed by atoms with E-state index in [0.717, 1.165) is 30.7 Å². The maximum Gasteiger partial charge on any atom is 0.251 e. The van der Waals surface area contributed by atoms with Crippen LogP contribution in [0.1, 0.15) is 53.6 Å². The number of hydrogen-bond acceptors (Lipinski definition) is 3. The third-order valence-electron chi connectivity index (χ3n) is 6.18. The Morgan fingerprint density at radius 1 is 1.12 bits per heavy atom. The largest absolute Gasteiger partial charge is 0.496 e. The van der Waals surface area contributed by atoms with E-state index < -0.39 is 0 Å². The van der Waals surface area contributed by atoms with E-state index in [2.05, 4.69) is 10.2 Å².